The van der Waals surface area contributed by atoms with Gasteiger partial charge in [0.05, 0.1) is 11.8 Å². The second-order valence-corrected chi connectivity index (χ2v) is 4.87. The Morgan fingerprint density at radius 1 is 1.00 bits per heavy atom. The van der Waals surface area contributed by atoms with Crippen LogP contribution in [0.3, 0.4) is 0 Å². The summed E-state index contributed by atoms with van der Waals surface area (Å²) in [6, 6.07) is 8.57. The van der Waals surface area contributed by atoms with Crippen LogP contribution in [0.1, 0.15) is 19.4 Å². The lowest BCUT2D eigenvalue weighted by Crippen LogP contribution is -2.09. The van der Waals surface area contributed by atoms with E-state index in [1.165, 1.54) is 0 Å². The van der Waals surface area contributed by atoms with Gasteiger partial charge in [0.15, 0.2) is 11.6 Å². The van der Waals surface area contributed by atoms with Crippen molar-refractivity contribution in [1.29, 1.82) is 0 Å². The van der Waals surface area contributed by atoms with Crippen molar-refractivity contribution in [3.05, 3.63) is 59.4 Å². The van der Waals surface area contributed by atoms with Crippen LogP contribution >= 0.6 is 0 Å². The lowest BCUT2D eigenvalue weighted by Gasteiger charge is -2.15. The first-order valence-corrected chi connectivity index (χ1v) is 6.60. The molecule has 0 fully saturated rings. The molecule has 0 aliphatic rings. The minimum absolute atomic E-state index is 0.00653. The first-order chi connectivity index (χ1) is 9.97. The van der Waals surface area contributed by atoms with Crippen molar-refractivity contribution in [2.75, 3.05) is 5.32 Å². The van der Waals surface area contributed by atoms with Crippen molar-refractivity contribution >= 4 is 5.69 Å². The number of anilines is 1. The minimum atomic E-state index is -1.19. The molecule has 1 N–H and O–H groups in total. The van der Waals surface area contributed by atoms with Gasteiger partial charge in [-0.15, -0.1) is 0 Å². The monoisotopic (exact) mass is 295 g/mol. The average molecular weight is 295 g/mol. The smallest absolute Gasteiger partial charge is 0.161 e. The van der Waals surface area contributed by atoms with Crippen LogP contribution in [0.15, 0.2) is 36.4 Å². The Kier molecular flexibility index (Phi) is 4.73. The zero-order valence-corrected chi connectivity index (χ0v) is 11.8. The molecule has 0 heterocycles. The molecule has 5 heteroatoms. The average Bonchev–Trinajstić information content (AvgIpc) is 2.42. The largest absolute Gasteiger partial charge is 0.489 e. The molecule has 0 aliphatic heterocycles. The van der Waals surface area contributed by atoms with Crippen LogP contribution in [0, 0.1) is 17.5 Å². The van der Waals surface area contributed by atoms with Crippen LogP contribution in [0.25, 0.3) is 0 Å². The summed E-state index contributed by atoms with van der Waals surface area (Å²) < 4.78 is 45.2. The molecule has 0 aliphatic carbocycles. The van der Waals surface area contributed by atoms with Crippen molar-refractivity contribution in [3.63, 3.8) is 0 Å². The third kappa shape index (κ3) is 3.90. The van der Waals surface area contributed by atoms with Gasteiger partial charge in [-0.25, -0.2) is 13.2 Å². The molecular formula is C16H16F3NO. The number of hydrogen-bond acceptors (Lipinski definition) is 2. The summed E-state index contributed by atoms with van der Waals surface area (Å²) in [5.41, 5.74) is 0.712. The number of rotatable bonds is 5. The summed E-state index contributed by atoms with van der Waals surface area (Å²) in [5, 5.41) is 2.97. The number of benzene rings is 2. The maximum atomic E-state index is 13.6. The highest BCUT2D eigenvalue weighted by Crippen LogP contribution is 2.26. The third-order valence-electron chi connectivity index (χ3n) is 2.81. The van der Waals surface area contributed by atoms with E-state index in [4.69, 9.17) is 4.74 Å². The summed E-state index contributed by atoms with van der Waals surface area (Å²) in [4.78, 5) is 0. The summed E-state index contributed by atoms with van der Waals surface area (Å²) in [6.45, 7) is 3.82. The first kappa shape index (κ1) is 15.2. The Bertz CT molecular complexity index is 629. The Labute approximate surface area is 121 Å². The van der Waals surface area contributed by atoms with E-state index in [1.54, 1.807) is 18.2 Å². The maximum absolute atomic E-state index is 13.6. The molecule has 0 bridgehead atoms. The molecule has 112 valence electrons. The molecule has 0 amide bonds. The molecule has 0 unspecified atom stereocenters. The Morgan fingerprint density at radius 2 is 1.67 bits per heavy atom. The molecule has 2 nitrogen and oxygen atoms in total. The Hall–Kier alpha value is -2.17. The van der Waals surface area contributed by atoms with Gasteiger partial charge in [0.2, 0.25) is 0 Å². The van der Waals surface area contributed by atoms with Crippen LogP contribution in [-0.2, 0) is 6.54 Å². The van der Waals surface area contributed by atoms with Crippen molar-refractivity contribution in [2.24, 2.45) is 0 Å². The number of para-hydroxylation sites is 2. The quantitative estimate of drug-likeness (QED) is 0.820. The molecule has 0 saturated heterocycles. The summed E-state index contributed by atoms with van der Waals surface area (Å²) in [6.07, 6.45) is -0.00653. The van der Waals surface area contributed by atoms with Crippen LogP contribution in [0.4, 0.5) is 18.9 Å². The molecule has 21 heavy (non-hydrogen) atoms. The van der Waals surface area contributed by atoms with E-state index in [2.05, 4.69) is 5.32 Å². The molecule has 0 radical (unpaired) electrons. The van der Waals surface area contributed by atoms with Crippen molar-refractivity contribution in [2.45, 2.75) is 26.5 Å². The summed E-state index contributed by atoms with van der Waals surface area (Å²) in [7, 11) is 0. The van der Waals surface area contributed by atoms with E-state index >= 15 is 0 Å². The highest BCUT2D eigenvalue weighted by molar-refractivity contribution is 5.56. The minimum Gasteiger partial charge on any atom is -0.489 e. The third-order valence-corrected chi connectivity index (χ3v) is 2.81. The molecule has 2 aromatic rings. The Balaban J connectivity index is 2.15. The van der Waals surface area contributed by atoms with E-state index in [1.807, 2.05) is 19.9 Å². The van der Waals surface area contributed by atoms with Gasteiger partial charge in [-0.2, -0.15) is 0 Å². The zero-order chi connectivity index (χ0) is 15.4. The summed E-state index contributed by atoms with van der Waals surface area (Å²) in [5.74, 6) is -2.43. The van der Waals surface area contributed by atoms with Gasteiger partial charge < -0.3 is 10.1 Å². The zero-order valence-electron chi connectivity index (χ0n) is 11.8. The standard InChI is InChI=1S/C16H16F3NO/c1-10(2)21-16-6-4-3-5-15(16)20-9-11-7-13(18)14(19)8-12(11)17/h3-8,10,20H,9H2,1-2H3. The fraction of sp³-hybridized carbons (Fsp3) is 0.250. The highest BCUT2D eigenvalue weighted by Gasteiger charge is 2.11. The second-order valence-electron chi connectivity index (χ2n) is 4.87. The fourth-order valence-electron chi connectivity index (χ4n) is 1.86. The number of ether oxygens (including phenoxy) is 1. The number of hydrogen-bond donors (Lipinski definition) is 1. The molecule has 0 aromatic heterocycles. The molecule has 0 saturated carbocycles. The molecule has 0 spiro atoms. The van der Waals surface area contributed by atoms with Crippen LogP contribution < -0.4 is 10.1 Å². The molecule has 0 atom stereocenters. The molecule has 2 rings (SSSR count). The van der Waals surface area contributed by atoms with E-state index in [0.717, 1.165) is 6.07 Å². The van der Waals surface area contributed by atoms with Gasteiger partial charge in [0, 0.05) is 18.2 Å². The lowest BCUT2D eigenvalue weighted by atomic mass is 10.2. The SMILES string of the molecule is CC(C)Oc1ccccc1NCc1cc(F)c(F)cc1F. The molecule has 2 aromatic carbocycles. The predicted octanol–water partition coefficient (Wildman–Crippen LogP) is 4.50. The van der Waals surface area contributed by atoms with Crippen molar-refractivity contribution in [3.8, 4) is 5.75 Å². The van der Waals surface area contributed by atoms with E-state index in [9.17, 15) is 13.2 Å². The van der Waals surface area contributed by atoms with Gasteiger partial charge >= 0.3 is 0 Å². The van der Waals surface area contributed by atoms with Gasteiger partial charge in [-0.1, -0.05) is 12.1 Å². The van der Waals surface area contributed by atoms with Gasteiger partial charge in [-0.3, -0.25) is 0 Å². The van der Waals surface area contributed by atoms with Gasteiger partial charge in [0.1, 0.15) is 11.6 Å². The first-order valence-electron chi connectivity index (χ1n) is 6.60. The Morgan fingerprint density at radius 3 is 2.38 bits per heavy atom. The van der Waals surface area contributed by atoms with Crippen molar-refractivity contribution in [1.82, 2.24) is 0 Å². The van der Waals surface area contributed by atoms with E-state index < -0.39 is 17.5 Å². The lowest BCUT2D eigenvalue weighted by molar-refractivity contribution is 0.243. The van der Waals surface area contributed by atoms with Crippen LogP contribution in [0.2, 0.25) is 0 Å². The van der Waals surface area contributed by atoms with Gasteiger partial charge in [0.25, 0.3) is 0 Å². The number of halogens is 3. The van der Waals surface area contributed by atoms with E-state index in [0.29, 0.717) is 17.5 Å². The fourth-order valence-corrected chi connectivity index (χ4v) is 1.86. The van der Waals surface area contributed by atoms with Crippen LogP contribution in [-0.4, -0.2) is 6.10 Å². The van der Waals surface area contributed by atoms with Crippen LogP contribution in [0.5, 0.6) is 5.75 Å². The maximum Gasteiger partial charge on any atom is 0.161 e. The second kappa shape index (κ2) is 6.52. The summed E-state index contributed by atoms with van der Waals surface area (Å²) >= 11 is 0. The normalized spacial score (nSPS) is 10.8. The van der Waals surface area contributed by atoms with Crippen molar-refractivity contribution < 1.29 is 17.9 Å². The van der Waals surface area contributed by atoms with E-state index in [-0.39, 0.29) is 18.2 Å². The topological polar surface area (TPSA) is 21.3 Å². The predicted molar refractivity (Wildman–Crippen MR) is 75.8 cm³/mol. The molecular weight excluding hydrogens is 279 g/mol. The number of nitrogens with one attached hydrogen (secondary N) is 1. The van der Waals surface area contributed by atoms with Gasteiger partial charge in [-0.05, 0) is 32.0 Å². The highest BCUT2D eigenvalue weighted by atomic mass is 19.2.